The number of halogens is 2. The average Bonchev–Trinajstić information content (AvgIpc) is 2.80. The largest absolute Gasteiger partial charge is 0.396 e. The summed E-state index contributed by atoms with van der Waals surface area (Å²) in [5, 5.41) is 12.6. The van der Waals surface area contributed by atoms with Crippen LogP contribution in [0.3, 0.4) is 0 Å². The summed E-state index contributed by atoms with van der Waals surface area (Å²) in [6.07, 6.45) is 3.04. The summed E-state index contributed by atoms with van der Waals surface area (Å²) < 4.78 is 27.4. The second-order valence-electron chi connectivity index (χ2n) is 5.49. The summed E-state index contributed by atoms with van der Waals surface area (Å²) in [7, 11) is 0. The van der Waals surface area contributed by atoms with Crippen molar-refractivity contribution in [1.29, 1.82) is 0 Å². The normalized spacial score (nSPS) is 24.7. The smallest absolute Gasteiger partial charge is 0.128 e. The monoisotopic (exact) mass is 269 g/mol. The molecule has 2 N–H and O–H groups in total. The molecular weight excluding hydrogens is 248 g/mol. The van der Waals surface area contributed by atoms with E-state index in [0.717, 1.165) is 19.3 Å². The third-order valence-corrected chi connectivity index (χ3v) is 4.10. The summed E-state index contributed by atoms with van der Waals surface area (Å²) in [5.74, 6) is -0.534. The molecule has 0 aliphatic heterocycles. The molecule has 1 saturated carbocycles. The summed E-state index contributed by atoms with van der Waals surface area (Å²) in [6.45, 7) is 3.54. The lowest BCUT2D eigenvalue weighted by atomic mass is 10.0. The fourth-order valence-corrected chi connectivity index (χ4v) is 2.88. The highest BCUT2D eigenvalue weighted by atomic mass is 19.1. The topological polar surface area (TPSA) is 32.3 Å². The molecular formula is C15H21F2NO. The van der Waals surface area contributed by atoms with Gasteiger partial charge in [-0.3, -0.25) is 0 Å². The summed E-state index contributed by atoms with van der Waals surface area (Å²) in [5.41, 5.74) is 0.675. The number of aryl methyl sites for hydroxylation is 1. The van der Waals surface area contributed by atoms with Gasteiger partial charge in [0.15, 0.2) is 0 Å². The van der Waals surface area contributed by atoms with E-state index in [4.69, 9.17) is 0 Å². The SMILES string of the molecule is Cc1cc(F)c(C(C)NC2CCCC2CO)cc1F. The van der Waals surface area contributed by atoms with Crippen molar-refractivity contribution in [2.75, 3.05) is 6.61 Å². The molecule has 0 saturated heterocycles. The van der Waals surface area contributed by atoms with Crippen molar-refractivity contribution in [2.45, 2.75) is 45.2 Å². The Bertz CT molecular complexity index is 450. The first kappa shape index (κ1) is 14.4. The molecule has 0 heterocycles. The van der Waals surface area contributed by atoms with Crippen molar-refractivity contribution < 1.29 is 13.9 Å². The van der Waals surface area contributed by atoms with Gasteiger partial charge in [0.05, 0.1) is 0 Å². The Morgan fingerprint density at radius 3 is 2.74 bits per heavy atom. The maximum atomic E-state index is 13.9. The molecule has 0 amide bonds. The number of aliphatic hydroxyl groups is 1. The third kappa shape index (κ3) is 3.12. The van der Waals surface area contributed by atoms with Crippen LogP contribution in [0, 0.1) is 24.5 Å². The van der Waals surface area contributed by atoms with Crippen LogP contribution in [-0.2, 0) is 0 Å². The Hall–Kier alpha value is -1.00. The molecule has 1 aromatic carbocycles. The van der Waals surface area contributed by atoms with Gasteiger partial charge in [-0.05, 0) is 50.3 Å². The molecule has 106 valence electrons. The lowest BCUT2D eigenvalue weighted by Gasteiger charge is -2.24. The first-order valence-corrected chi connectivity index (χ1v) is 6.85. The number of hydrogen-bond acceptors (Lipinski definition) is 2. The van der Waals surface area contributed by atoms with Crippen LogP contribution in [0.1, 0.15) is 43.4 Å². The van der Waals surface area contributed by atoms with Crippen molar-refractivity contribution >= 4 is 0 Å². The fraction of sp³-hybridized carbons (Fsp3) is 0.600. The van der Waals surface area contributed by atoms with Crippen LogP contribution < -0.4 is 5.32 Å². The molecule has 1 fully saturated rings. The van der Waals surface area contributed by atoms with E-state index in [1.54, 1.807) is 6.92 Å². The van der Waals surface area contributed by atoms with E-state index < -0.39 is 0 Å². The van der Waals surface area contributed by atoms with Crippen LogP contribution in [-0.4, -0.2) is 17.8 Å². The van der Waals surface area contributed by atoms with Crippen molar-refractivity contribution in [3.05, 3.63) is 34.9 Å². The molecule has 1 aromatic rings. The molecule has 3 atom stereocenters. The minimum Gasteiger partial charge on any atom is -0.396 e. The molecule has 4 heteroatoms. The van der Waals surface area contributed by atoms with Gasteiger partial charge in [-0.25, -0.2) is 8.78 Å². The van der Waals surface area contributed by atoms with E-state index in [1.165, 1.54) is 12.1 Å². The highest BCUT2D eigenvalue weighted by Crippen LogP contribution is 2.28. The summed E-state index contributed by atoms with van der Waals surface area (Å²) >= 11 is 0. The standard InChI is InChI=1S/C15H21F2NO/c1-9-6-14(17)12(7-13(9)16)10(2)18-15-5-3-4-11(15)8-19/h6-7,10-11,15,18-19H,3-5,8H2,1-2H3. The first-order chi connectivity index (χ1) is 9.02. The predicted molar refractivity (Wildman–Crippen MR) is 70.9 cm³/mol. The minimum atomic E-state index is -0.379. The highest BCUT2D eigenvalue weighted by Gasteiger charge is 2.28. The minimum absolute atomic E-state index is 0.148. The lowest BCUT2D eigenvalue weighted by molar-refractivity contribution is 0.200. The number of benzene rings is 1. The Kier molecular flexibility index (Phi) is 4.53. The van der Waals surface area contributed by atoms with Gasteiger partial charge < -0.3 is 10.4 Å². The number of nitrogens with one attached hydrogen (secondary N) is 1. The Morgan fingerprint density at radius 2 is 2.05 bits per heavy atom. The van der Waals surface area contributed by atoms with Crippen molar-refractivity contribution in [2.24, 2.45) is 5.92 Å². The highest BCUT2D eigenvalue weighted by molar-refractivity contribution is 5.27. The van der Waals surface area contributed by atoms with Crippen LogP contribution in [0.2, 0.25) is 0 Å². The van der Waals surface area contributed by atoms with Crippen molar-refractivity contribution in [1.82, 2.24) is 5.32 Å². The van der Waals surface area contributed by atoms with Gasteiger partial charge in [-0.1, -0.05) is 6.42 Å². The second kappa shape index (κ2) is 5.97. The van der Waals surface area contributed by atoms with E-state index in [-0.39, 0.29) is 36.2 Å². The zero-order valence-electron chi connectivity index (χ0n) is 11.4. The zero-order valence-corrected chi connectivity index (χ0v) is 11.4. The van der Waals surface area contributed by atoms with Crippen LogP contribution in [0.5, 0.6) is 0 Å². The van der Waals surface area contributed by atoms with Gasteiger partial charge in [0.25, 0.3) is 0 Å². The van der Waals surface area contributed by atoms with Crippen molar-refractivity contribution in [3.8, 4) is 0 Å². The predicted octanol–water partition coefficient (Wildman–Crippen LogP) is 3.08. The Labute approximate surface area is 112 Å². The zero-order chi connectivity index (χ0) is 14.0. The van der Waals surface area contributed by atoms with Gasteiger partial charge in [0, 0.05) is 24.3 Å². The van der Waals surface area contributed by atoms with Gasteiger partial charge in [-0.2, -0.15) is 0 Å². The van der Waals surface area contributed by atoms with Gasteiger partial charge in [0.1, 0.15) is 11.6 Å². The van der Waals surface area contributed by atoms with E-state index in [9.17, 15) is 13.9 Å². The van der Waals surface area contributed by atoms with Crippen LogP contribution >= 0.6 is 0 Å². The lowest BCUT2D eigenvalue weighted by Crippen LogP contribution is -2.36. The van der Waals surface area contributed by atoms with E-state index >= 15 is 0 Å². The molecule has 0 radical (unpaired) electrons. The Balaban J connectivity index is 2.11. The molecule has 1 aliphatic rings. The summed E-state index contributed by atoms with van der Waals surface area (Å²) in [4.78, 5) is 0. The fourth-order valence-electron chi connectivity index (χ4n) is 2.88. The van der Waals surface area contributed by atoms with Crippen LogP contribution in [0.4, 0.5) is 8.78 Å². The van der Waals surface area contributed by atoms with Crippen molar-refractivity contribution in [3.63, 3.8) is 0 Å². The molecule has 3 unspecified atom stereocenters. The average molecular weight is 269 g/mol. The number of hydrogen-bond donors (Lipinski definition) is 2. The maximum absolute atomic E-state index is 13.9. The number of rotatable bonds is 4. The van der Waals surface area contributed by atoms with Gasteiger partial charge in [0.2, 0.25) is 0 Å². The van der Waals surface area contributed by atoms with E-state index in [0.29, 0.717) is 11.1 Å². The molecule has 0 aromatic heterocycles. The van der Waals surface area contributed by atoms with Gasteiger partial charge >= 0.3 is 0 Å². The van der Waals surface area contributed by atoms with E-state index in [1.807, 2.05) is 6.92 Å². The quantitative estimate of drug-likeness (QED) is 0.880. The Morgan fingerprint density at radius 1 is 1.32 bits per heavy atom. The second-order valence-corrected chi connectivity index (χ2v) is 5.49. The molecule has 0 bridgehead atoms. The van der Waals surface area contributed by atoms with Crippen LogP contribution in [0.15, 0.2) is 12.1 Å². The number of aliphatic hydroxyl groups excluding tert-OH is 1. The van der Waals surface area contributed by atoms with Crippen LogP contribution in [0.25, 0.3) is 0 Å². The first-order valence-electron chi connectivity index (χ1n) is 6.85. The molecule has 0 spiro atoms. The molecule has 2 nitrogen and oxygen atoms in total. The maximum Gasteiger partial charge on any atom is 0.128 e. The summed E-state index contributed by atoms with van der Waals surface area (Å²) in [6, 6.07) is 2.43. The molecule has 19 heavy (non-hydrogen) atoms. The van der Waals surface area contributed by atoms with Gasteiger partial charge in [-0.15, -0.1) is 0 Å². The molecule has 2 rings (SSSR count). The third-order valence-electron chi connectivity index (χ3n) is 4.10. The van der Waals surface area contributed by atoms with E-state index in [2.05, 4.69) is 5.32 Å². The molecule has 1 aliphatic carbocycles.